The summed E-state index contributed by atoms with van der Waals surface area (Å²) in [6.07, 6.45) is 4.99. The molecule has 0 N–H and O–H groups in total. The zero-order chi connectivity index (χ0) is 19.8. The van der Waals surface area contributed by atoms with E-state index in [-0.39, 0.29) is 0 Å². The number of nitrogens with zero attached hydrogens (tertiary/aromatic N) is 1. The fourth-order valence-electron chi connectivity index (χ4n) is 1.96. The molecule has 2 rings (SSSR count). The average Bonchev–Trinajstić information content (AvgIpc) is 2.59. The Labute approximate surface area is 150 Å². The van der Waals surface area contributed by atoms with Crippen molar-refractivity contribution in [3.63, 3.8) is 0 Å². The lowest BCUT2D eigenvalue weighted by molar-refractivity contribution is -0.698. The largest absolute Gasteiger partial charge is 0.741 e. The highest BCUT2D eigenvalue weighted by Crippen LogP contribution is 2.20. The smallest absolute Gasteiger partial charge is 0.485 e. The topological polar surface area (TPSA) is 61.1 Å². The molecule has 0 bridgehead atoms. The lowest BCUT2D eigenvalue weighted by Crippen LogP contribution is -2.37. The molecule has 0 aliphatic heterocycles. The molecule has 0 fully saturated rings. The first-order valence-electron chi connectivity index (χ1n) is 7.44. The van der Waals surface area contributed by atoms with E-state index in [1.165, 1.54) is 0 Å². The molecule has 1 aromatic carbocycles. The third-order valence-electron chi connectivity index (χ3n) is 3.23. The predicted octanol–water partition coefficient (Wildman–Crippen LogP) is 3.66. The van der Waals surface area contributed by atoms with Crippen molar-refractivity contribution in [2.24, 2.45) is 0 Å². The average molecular weight is 385 g/mol. The second-order valence-electron chi connectivity index (χ2n) is 5.10. The van der Waals surface area contributed by atoms with Gasteiger partial charge in [0, 0.05) is 24.1 Å². The van der Waals surface area contributed by atoms with Crippen LogP contribution >= 0.6 is 0 Å². The highest BCUT2D eigenvalue weighted by molar-refractivity contribution is 7.86. The molecule has 0 amide bonds. The molecule has 140 valence electrons. The maximum atomic E-state index is 10.7. The van der Waals surface area contributed by atoms with Crippen molar-refractivity contribution in [3.05, 3.63) is 85.2 Å². The first-order chi connectivity index (χ1) is 12.1. The minimum Gasteiger partial charge on any atom is -0.741 e. The molecule has 0 spiro atoms. The van der Waals surface area contributed by atoms with E-state index in [9.17, 15) is 13.2 Å². The maximum absolute atomic E-state index is 10.7. The number of alkyl halides is 3. The Balaban J connectivity index is 0.000000359. The van der Waals surface area contributed by atoms with Crippen molar-refractivity contribution in [2.75, 3.05) is 0 Å². The van der Waals surface area contributed by atoms with Gasteiger partial charge >= 0.3 is 5.51 Å². The lowest BCUT2D eigenvalue weighted by atomic mass is 10.0. The fourth-order valence-corrected chi connectivity index (χ4v) is 1.96. The van der Waals surface area contributed by atoms with Crippen LogP contribution in [-0.2, 0) is 16.7 Å². The summed E-state index contributed by atoms with van der Waals surface area (Å²) in [4.78, 5) is 0. The Kier molecular flexibility index (Phi) is 7.73. The van der Waals surface area contributed by atoms with Gasteiger partial charge in [-0.05, 0) is 11.6 Å². The summed E-state index contributed by atoms with van der Waals surface area (Å²) < 4.78 is 61.1. The van der Waals surface area contributed by atoms with Crippen LogP contribution in [0.15, 0.2) is 74.0 Å². The summed E-state index contributed by atoms with van der Waals surface area (Å²) in [6, 6.07) is 16.5. The second-order valence-corrected chi connectivity index (χ2v) is 6.47. The van der Waals surface area contributed by atoms with Gasteiger partial charge in [0.25, 0.3) is 0 Å². The van der Waals surface area contributed by atoms with Gasteiger partial charge < -0.3 is 4.55 Å². The number of allylic oxidation sites excluding steroid dienone is 1. The van der Waals surface area contributed by atoms with Crippen LogP contribution in [0.1, 0.15) is 17.7 Å². The molecule has 0 unspecified atom stereocenters. The summed E-state index contributed by atoms with van der Waals surface area (Å²) in [5, 5.41) is 0. The Hall–Kier alpha value is -2.45. The van der Waals surface area contributed by atoms with Gasteiger partial charge in [-0.1, -0.05) is 43.0 Å². The van der Waals surface area contributed by atoms with Gasteiger partial charge in [-0.25, -0.2) is 8.42 Å². The Morgan fingerprint density at radius 3 is 2.15 bits per heavy atom. The molecule has 2 aromatic rings. The Morgan fingerprint density at radius 1 is 1.12 bits per heavy atom. The number of aryl methyl sites for hydroxylation is 1. The van der Waals surface area contributed by atoms with E-state index in [4.69, 9.17) is 13.0 Å². The van der Waals surface area contributed by atoms with Crippen LogP contribution < -0.4 is 4.57 Å². The lowest BCUT2D eigenvalue weighted by Gasteiger charge is -2.08. The van der Waals surface area contributed by atoms with Crippen LogP contribution in [0.5, 0.6) is 0 Å². The van der Waals surface area contributed by atoms with Crippen LogP contribution in [0.4, 0.5) is 13.2 Å². The highest BCUT2D eigenvalue weighted by Gasteiger charge is 2.36. The molecule has 0 saturated heterocycles. The van der Waals surface area contributed by atoms with Crippen LogP contribution in [0.3, 0.4) is 0 Å². The summed E-state index contributed by atoms with van der Waals surface area (Å²) in [5.74, 6) is 0. The second kappa shape index (κ2) is 9.30. The standard InChI is InChI=1S/C17H18N.CHF3O3S/c1-3-4-13-18-14-9-8-12-17(18)15(2)16-10-6-5-7-11-16;2-1(3,4)8(5,6)7/h3,5-12,14H,1-2,4,13H2;(H,5,6,7)/q+1;/p-1. The maximum Gasteiger partial charge on any atom is 0.485 e. The van der Waals surface area contributed by atoms with Gasteiger partial charge in [0.05, 0.1) is 0 Å². The van der Waals surface area contributed by atoms with Crippen LogP contribution in [-0.4, -0.2) is 18.5 Å². The number of benzene rings is 1. The van der Waals surface area contributed by atoms with E-state index in [0.717, 1.165) is 29.8 Å². The Morgan fingerprint density at radius 2 is 1.65 bits per heavy atom. The highest BCUT2D eigenvalue weighted by atomic mass is 32.2. The summed E-state index contributed by atoms with van der Waals surface area (Å²) in [6.45, 7) is 8.93. The molecule has 0 aliphatic rings. The third kappa shape index (κ3) is 6.45. The molecule has 26 heavy (non-hydrogen) atoms. The van der Waals surface area contributed by atoms with E-state index in [2.05, 4.69) is 42.1 Å². The molecule has 1 heterocycles. The normalized spacial score (nSPS) is 11.2. The SMILES string of the molecule is C=CCC[n+]1ccccc1C(=C)c1ccccc1.O=S(=O)([O-])C(F)(F)F. The van der Waals surface area contributed by atoms with Crippen LogP contribution in [0.25, 0.3) is 5.57 Å². The minimum atomic E-state index is -6.09. The van der Waals surface area contributed by atoms with Gasteiger partial charge in [-0.2, -0.15) is 17.7 Å². The number of hydrogen-bond acceptors (Lipinski definition) is 3. The predicted molar refractivity (Wildman–Crippen MR) is 91.8 cm³/mol. The first-order valence-corrected chi connectivity index (χ1v) is 8.85. The zero-order valence-electron chi connectivity index (χ0n) is 13.8. The van der Waals surface area contributed by atoms with Crippen molar-refractivity contribution in [1.82, 2.24) is 0 Å². The van der Waals surface area contributed by atoms with Crippen molar-refractivity contribution in [1.29, 1.82) is 0 Å². The molecule has 0 atom stereocenters. The van der Waals surface area contributed by atoms with E-state index in [1.54, 1.807) is 0 Å². The van der Waals surface area contributed by atoms with E-state index in [1.807, 2.05) is 36.4 Å². The minimum absolute atomic E-state index is 0.936. The zero-order valence-corrected chi connectivity index (χ0v) is 14.6. The van der Waals surface area contributed by atoms with Gasteiger partial charge in [0.2, 0.25) is 5.69 Å². The summed E-state index contributed by atoms with van der Waals surface area (Å²) >= 11 is 0. The van der Waals surface area contributed by atoms with Gasteiger partial charge in [-0.15, -0.1) is 6.58 Å². The van der Waals surface area contributed by atoms with E-state index < -0.39 is 15.6 Å². The van der Waals surface area contributed by atoms with E-state index >= 15 is 0 Å². The van der Waals surface area contributed by atoms with Crippen molar-refractivity contribution >= 4 is 15.7 Å². The molecule has 4 nitrogen and oxygen atoms in total. The van der Waals surface area contributed by atoms with Gasteiger partial charge in [-0.3, -0.25) is 0 Å². The number of halogens is 3. The molecule has 0 radical (unpaired) electrons. The van der Waals surface area contributed by atoms with Gasteiger partial charge in [0.1, 0.15) is 0 Å². The fraction of sp³-hybridized carbons (Fsp3) is 0.167. The Bertz CT molecular complexity index is 847. The van der Waals surface area contributed by atoms with Crippen molar-refractivity contribution in [2.45, 2.75) is 18.5 Å². The van der Waals surface area contributed by atoms with Gasteiger partial charge in [0.15, 0.2) is 22.9 Å². The number of pyridine rings is 1. The van der Waals surface area contributed by atoms with E-state index in [0.29, 0.717) is 0 Å². The molecular formula is C18H18F3NO3S. The number of aromatic nitrogens is 1. The molecule has 0 aliphatic carbocycles. The summed E-state index contributed by atoms with van der Waals surface area (Å²) in [5.41, 5.74) is -2.27. The molecule has 0 saturated carbocycles. The monoisotopic (exact) mass is 385 g/mol. The number of hydrogen-bond donors (Lipinski definition) is 0. The molecular weight excluding hydrogens is 367 g/mol. The first kappa shape index (κ1) is 21.6. The summed E-state index contributed by atoms with van der Waals surface area (Å²) in [7, 11) is -6.09. The molecule has 1 aromatic heterocycles. The number of rotatable bonds is 5. The van der Waals surface area contributed by atoms with Crippen LogP contribution in [0.2, 0.25) is 0 Å². The van der Waals surface area contributed by atoms with Crippen LogP contribution in [0, 0.1) is 0 Å². The molecule has 8 heteroatoms. The quantitative estimate of drug-likeness (QED) is 0.342. The van der Waals surface area contributed by atoms with Crippen molar-refractivity contribution in [3.8, 4) is 0 Å². The van der Waals surface area contributed by atoms with Crippen molar-refractivity contribution < 1.29 is 30.7 Å². The third-order valence-corrected chi connectivity index (χ3v) is 3.80.